The average molecular weight is 235 g/mol. The van der Waals surface area contributed by atoms with E-state index in [1.165, 1.54) is 0 Å². The number of imidazole rings is 1. The van der Waals surface area contributed by atoms with Gasteiger partial charge in [0.1, 0.15) is 5.82 Å². The van der Waals surface area contributed by atoms with Crippen molar-refractivity contribution >= 4 is 5.97 Å². The quantitative estimate of drug-likeness (QED) is 0.795. The zero-order valence-corrected chi connectivity index (χ0v) is 9.44. The molecule has 2 aromatic rings. The van der Waals surface area contributed by atoms with E-state index in [2.05, 4.69) is 15.3 Å². The summed E-state index contributed by atoms with van der Waals surface area (Å²) in [6.45, 7) is 3.31. The molecule has 2 aromatic heterocycles. The minimum Gasteiger partial charge on any atom is -0.481 e. The highest BCUT2D eigenvalue weighted by molar-refractivity contribution is 5.69. The van der Waals surface area contributed by atoms with Crippen LogP contribution in [-0.4, -0.2) is 35.6 Å². The number of hydrogen-bond donors (Lipinski definition) is 1. The Morgan fingerprint density at radius 1 is 1.47 bits per heavy atom. The number of hydrogen-bond acceptors (Lipinski definition) is 4. The molecule has 0 fully saturated rings. The first-order chi connectivity index (χ1) is 8.15. The van der Waals surface area contributed by atoms with Gasteiger partial charge in [0.05, 0.1) is 18.7 Å². The summed E-state index contributed by atoms with van der Waals surface area (Å²) in [7, 11) is 0. The Morgan fingerprint density at radius 3 is 2.94 bits per heavy atom. The molecule has 0 saturated carbocycles. The van der Waals surface area contributed by atoms with Crippen molar-refractivity contribution in [1.29, 1.82) is 0 Å². The van der Waals surface area contributed by atoms with Gasteiger partial charge >= 0.3 is 5.97 Å². The highest BCUT2D eigenvalue weighted by Gasteiger charge is 2.05. The monoisotopic (exact) mass is 235 g/mol. The van der Waals surface area contributed by atoms with Crippen molar-refractivity contribution < 1.29 is 9.90 Å². The van der Waals surface area contributed by atoms with Crippen LogP contribution in [0.15, 0.2) is 18.6 Å². The highest BCUT2D eigenvalue weighted by atomic mass is 16.4. The van der Waals surface area contributed by atoms with Crippen LogP contribution in [0.5, 0.6) is 0 Å². The summed E-state index contributed by atoms with van der Waals surface area (Å²) < 4.78 is 3.64. The molecule has 0 aliphatic heterocycles. The number of rotatable bonds is 5. The second-order valence-corrected chi connectivity index (χ2v) is 3.71. The lowest BCUT2D eigenvalue weighted by atomic mass is 10.3. The number of aromatic nitrogens is 5. The van der Waals surface area contributed by atoms with E-state index in [1.807, 2.05) is 17.7 Å². The lowest BCUT2D eigenvalue weighted by molar-refractivity contribution is -0.136. The fourth-order valence-corrected chi connectivity index (χ4v) is 1.53. The summed E-state index contributed by atoms with van der Waals surface area (Å²) in [5.74, 6) is 0.0402. The van der Waals surface area contributed by atoms with E-state index in [-0.39, 0.29) is 6.42 Å². The van der Waals surface area contributed by atoms with Gasteiger partial charge in [0.2, 0.25) is 0 Å². The van der Waals surface area contributed by atoms with Crippen LogP contribution in [0, 0.1) is 6.92 Å². The van der Waals surface area contributed by atoms with Gasteiger partial charge in [0.15, 0.2) is 0 Å². The Labute approximate surface area is 97.7 Å². The molecular formula is C10H13N5O2. The van der Waals surface area contributed by atoms with Crippen molar-refractivity contribution in [1.82, 2.24) is 24.5 Å². The Balaban J connectivity index is 1.93. The van der Waals surface area contributed by atoms with Crippen LogP contribution < -0.4 is 0 Å². The lowest BCUT2D eigenvalue weighted by Gasteiger charge is -2.03. The molecule has 7 nitrogen and oxygen atoms in total. The number of aryl methyl sites for hydroxylation is 3. The Morgan fingerprint density at radius 2 is 2.29 bits per heavy atom. The molecule has 0 aliphatic carbocycles. The smallest absolute Gasteiger partial charge is 0.309 e. The van der Waals surface area contributed by atoms with E-state index in [0.29, 0.717) is 12.2 Å². The van der Waals surface area contributed by atoms with E-state index < -0.39 is 5.97 Å². The first-order valence-electron chi connectivity index (χ1n) is 5.23. The van der Waals surface area contributed by atoms with Crippen LogP contribution in [0.1, 0.15) is 11.5 Å². The van der Waals surface area contributed by atoms with E-state index in [0.717, 1.165) is 12.4 Å². The fraction of sp³-hybridized carbons (Fsp3) is 0.400. The standard InChI is InChI=1S/C10H13N5O2/c1-8-11-2-3-14(8)4-5-15-7-9(12-13-15)6-10(16)17/h2-3,7H,4-6H2,1H3,(H,16,17). The van der Waals surface area contributed by atoms with Crippen LogP contribution in [0.3, 0.4) is 0 Å². The maximum Gasteiger partial charge on any atom is 0.309 e. The van der Waals surface area contributed by atoms with Gasteiger partial charge in [-0.1, -0.05) is 5.21 Å². The number of nitrogens with zero attached hydrogens (tertiary/aromatic N) is 5. The predicted octanol–water partition coefficient (Wildman–Crippen LogP) is 0.110. The third-order valence-corrected chi connectivity index (χ3v) is 2.41. The van der Waals surface area contributed by atoms with Crippen molar-refractivity contribution in [2.75, 3.05) is 0 Å². The topological polar surface area (TPSA) is 85.8 Å². The Kier molecular flexibility index (Phi) is 3.17. The van der Waals surface area contributed by atoms with Crippen molar-refractivity contribution in [2.45, 2.75) is 26.4 Å². The van der Waals surface area contributed by atoms with Crippen LogP contribution in [0.25, 0.3) is 0 Å². The van der Waals surface area contributed by atoms with Crippen molar-refractivity contribution in [3.63, 3.8) is 0 Å². The van der Waals surface area contributed by atoms with Crippen molar-refractivity contribution in [3.8, 4) is 0 Å². The molecule has 1 N–H and O–H groups in total. The summed E-state index contributed by atoms with van der Waals surface area (Å²) in [4.78, 5) is 14.6. The summed E-state index contributed by atoms with van der Waals surface area (Å²) in [5, 5.41) is 16.3. The van der Waals surface area contributed by atoms with Gasteiger partial charge in [-0.3, -0.25) is 9.48 Å². The molecule has 0 aliphatic rings. The van der Waals surface area contributed by atoms with E-state index >= 15 is 0 Å². The molecule has 0 bridgehead atoms. The molecule has 0 unspecified atom stereocenters. The SMILES string of the molecule is Cc1nccn1CCn1cc(CC(=O)O)nn1. The van der Waals surface area contributed by atoms with Gasteiger partial charge < -0.3 is 9.67 Å². The molecular weight excluding hydrogens is 222 g/mol. The van der Waals surface area contributed by atoms with Gasteiger partial charge in [0.25, 0.3) is 0 Å². The molecule has 2 heterocycles. The summed E-state index contributed by atoms with van der Waals surface area (Å²) in [6.07, 6.45) is 5.20. The molecule has 0 atom stereocenters. The molecule has 2 rings (SSSR count). The van der Waals surface area contributed by atoms with Crippen LogP contribution in [-0.2, 0) is 24.3 Å². The minimum atomic E-state index is -0.900. The van der Waals surface area contributed by atoms with Crippen LogP contribution in [0.4, 0.5) is 0 Å². The maximum atomic E-state index is 10.5. The molecule has 0 aromatic carbocycles. The van der Waals surface area contributed by atoms with Gasteiger partial charge in [-0.05, 0) is 6.92 Å². The Hall–Kier alpha value is -2.18. The molecule has 0 radical (unpaired) electrons. The fourth-order valence-electron chi connectivity index (χ4n) is 1.53. The zero-order valence-electron chi connectivity index (χ0n) is 9.44. The van der Waals surface area contributed by atoms with Gasteiger partial charge in [-0.15, -0.1) is 5.10 Å². The zero-order chi connectivity index (χ0) is 12.3. The van der Waals surface area contributed by atoms with E-state index in [1.54, 1.807) is 17.1 Å². The third-order valence-electron chi connectivity index (χ3n) is 2.41. The first kappa shape index (κ1) is 11.3. The molecule has 0 spiro atoms. The van der Waals surface area contributed by atoms with E-state index in [9.17, 15) is 4.79 Å². The van der Waals surface area contributed by atoms with Gasteiger partial charge in [-0.2, -0.15) is 0 Å². The highest BCUT2D eigenvalue weighted by Crippen LogP contribution is 1.98. The summed E-state index contributed by atoms with van der Waals surface area (Å²) in [6, 6.07) is 0. The molecule has 0 amide bonds. The van der Waals surface area contributed by atoms with Gasteiger partial charge in [0, 0.05) is 25.1 Å². The first-order valence-corrected chi connectivity index (χ1v) is 5.23. The lowest BCUT2D eigenvalue weighted by Crippen LogP contribution is -2.08. The normalized spacial score (nSPS) is 10.6. The van der Waals surface area contributed by atoms with Crippen molar-refractivity contribution in [2.24, 2.45) is 0 Å². The second-order valence-electron chi connectivity index (χ2n) is 3.71. The predicted molar refractivity (Wildman–Crippen MR) is 58.3 cm³/mol. The second kappa shape index (κ2) is 4.77. The number of aliphatic carboxylic acids is 1. The van der Waals surface area contributed by atoms with E-state index in [4.69, 9.17) is 5.11 Å². The maximum absolute atomic E-state index is 10.5. The molecule has 7 heteroatoms. The number of carboxylic acid groups (broad SMARTS) is 1. The Bertz CT molecular complexity index is 516. The molecule has 90 valence electrons. The summed E-state index contributed by atoms with van der Waals surface area (Å²) in [5.41, 5.74) is 0.472. The minimum absolute atomic E-state index is 0.0932. The van der Waals surface area contributed by atoms with Crippen molar-refractivity contribution in [3.05, 3.63) is 30.1 Å². The average Bonchev–Trinajstić information content (AvgIpc) is 2.84. The van der Waals surface area contributed by atoms with Gasteiger partial charge in [-0.25, -0.2) is 4.98 Å². The van der Waals surface area contributed by atoms with Crippen LogP contribution >= 0.6 is 0 Å². The molecule has 0 saturated heterocycles. The largest absolute Gasteiger partial charge is 0.481 e. The third kappa shape index (κ3) is 2.90. The molecule has 17 heavy (non-hydrogen) atoms. The number of carbonyl (C=O) groups is 1. The summed E-state index contributed by atoms with van der Waals surface area (Å²) >= 11 is 0. The number of carboxylic acids is 1. The van der Waals surface area contributed by atoms with Crippen LogP contribution in [0.2, 0.25) is 0 Å².